The molecule has 0 saturated heterocycles. The van der Waals surface area contributed by atoms with Crippen molar-refractivity contribution in [2.45, 2.75) is 76.2 Å². The first-order valence-electron chi connectivity index (χ1n) is 10.2. The summed E-state index contributed by atoms with van der Waals surface area (Å²) in [4.78, 5) is 0. The molecule has 25 heavy (non-hydrogen) atoms. The average Bonchev–Trinajstić information content (AvgIpc) is 3.04. The van der Waals surface area contributed by atoms with Gasteiger partial charge in [0.2, 0.25) is 0 Å². The molecule has 0 aromatic heterocycles. The van der Waals surface area contributed by atoms with Gasteiger partial charge in [-0.05, 0) is 73.5 Å². The van der Waals surface area contributed by atoms with E-state index in [9.17, 15) is 5.11 Å². The Balaban J connectivity index is 1.53. The van der Waals surface area contributed by atoms with Gasteiger partial charge < -0.3 is 15.6 Å². The van der Waals surface area contributed by atoms with Gasteiger partial charge >= 0.3 is 0 Å². The second kappa shape index (κ2) is 8.66. The van der Waals surface area contributed by atoms with Crippen LogP contribution in [0.15, 0.2) is 18.2 Å². The van der Waals surface area contributed by atoms with Gasteiger partial charge in [-0.15, -0.1) is 0 Å². The van der Waals surface area contributed by atoms with E-state index < -0.39 is 0 Å². The van der Waals surface area contributed by atoms with E-state index in [1.807, 2.05) is 0 Å². The Hall–Kier alpha value is -0.900. The molecule has 0 aliphatic heterocycles. The van der Waals surface area contributed by atoms with Crippen molar-refractivity contribution in [3.63, 3.8) is 0 Å². The standard InChI is InChI=1S/C22H35NO2/c1-2-3-4-11-25-15-17-5-6-19-13-20(8-7-18(19)12-17)21-9-10-22(23,14-21)16-24/h7-8,13,17,21,24H,2-6,9-12,14-16,23H2,1H3/t17?,21-,22+/m0/s1. The smallest absolute Gasteiger partial charge is 0.0611 e. The highest BCUT2D eigenvalue weighted by atomic mass is 16.5. The lowest BCUT2D eigenvalue weighted by atomic mass is 9.82. The first-order chi connectivity index (χ1) is 12.1. The van der Waals surface area contributed by atoms with Gasteiger partial charge in [0.25, 0.3) is 0 Å². The Morgan fingerprint density at radius 1 is 1.24 bits per heavy atom. The molecule has 0 amide bonds. The summed E-state index contributed by atoms with van der Waals surface area (Å²) in [6, 6.07) is 7.06. The van der Waals surface area contributed by atoms with Gasteiger partial charge in [0.1, 0.15) is 0 Å². The fourth-order valence-corrected chi connectivity index (χ4v) is 4.54. The first-order valence-corrected chi connectivity index (χ1v) is 10.2. The van der Waals surface area contributed by atoms with Crippen molar-refractivity contribution in [3.05, 3.63) is 34.9 Å². The van der Waals surface area contributed by atoms with E-state index in [2.05, 4.69) is 25.1 Å². The largest absolute Gasteiger partial charge is 0.394 e. The fraction of sp³-hybridized carbons (Fsp3) is 0.727. The van der Waals surface area contributed by atoms with Crippen LogP contribution >= 0.6 is 0 Å². The van der Waals surface area contributed by atoms with E-state index in [0.717, 1.165) is 38.9 Å². The third kappa shape index (κ3) is 4.84. The van der Waals surface area contributed by atoms with Crippen LogP contribution < -0.4 is 5.73 Å². The number of aliphatic hydroxyl groups is 1. The monoisotopic (exact) mass is 345 g/mol. The number of ether oxygens (including phenoxy) is 1. The molecule has 0 radical (unpaired) electrons. The normalized spacial score (nSPS) is 28.9. The predicted molar refractivity (Wildman–Crippen MR) is 103 cm³/mol. The maximum absolute atomic E-state index is 9.49. The summed E-state index contributed by atoms with van der Waals surface area (Å²) in [5, 5.41) is 9.49. The highest BCUT2D eigenvalue weighted by Crippen LogP contribution is 2.40. The second-order valence-corrected chi connectivity index (χ2v) is 8.38. The summed E-state index contributed by atoms with van der Waals surface area (Å²) >= 11 is 0. The van der Waals surface area contributed by atoms with E-state index >= 15 is 0 Å². The molecule has 1 aromatic rings. The number of fused-ring (bicyclic) bond motifs is 1. The minimum atomic E-state index is -0.360. The molecule has 3 heteroatoms. The quantitative estimate of drug-likeness (QED) is 0.701. The van der Waals surface area contributed by atoms with Gasteiger partial charge in [-0.2, -0.15) is 0 Å². The number of aliphatic hydroxyl groups excluding tert-OH is 1. The first kappa shape index (κ1) is 18.9. The average molecular weight is 346 g/mol. The van der Waals surface area contributed by atoms with Crippen LogP contribution in [0.5, 0.6) is 0 Å². The van der Waals surface area contributed by atoms with Gasteiger partial charge in [0.15, 0.2) is 0 Å². The van der Waals surface area contributed by atoms with Crippen molar-refractivity contribution >= 4 is 0 Å². The third-order valence-corrected chi connectivity index (χ3v) is 6.24. The Kier molecular flexibility index (Phi) is 6.54. The SMILES string of the molecule is CCCCCOCC1CCc2cc([C@H]3CC[C@](N)(CO)C3)ccc2C1. The molecule has 2 aliphatic rings. The minimum Gasteiger partial charge on any atom is -0.394 e. The molecule has 3 N–H and O–H groups in total. The molecule has 1 fully saturated rings. The number of rotatable bonds is 8. The van der Waals surface area contributed by atoms with Crippen molar-refractivity contribution < 1.29 is 9.84 Å². The lowest BCUT2D eigenvalue weighted by Gasteiger charge is -2.26. The molecule has 0 heterocycles. The van der Waals surface area contributed by atoms with Crippen LogP contribution in [0.4, 0.5) is 0 Å². The maximum atomic E-state index is 9.49. The molecule has 1 saturated carbocycles. The van der Waals surface area contributed by atoms with Crippen LogP contribution in [0.3, 0.4) is 0 Å². The number of hydrogen-bond donors (Lipinski definition) is 2. The molecule has 3 nitrogen and oxygen atoms in total. The Bertz CT molecular complexity index is 559. The zero-order chi connectivity index (χ0) is 17.7. The Morgan fingerprint density at radius 2 is 2.12 bits per heavy atom. The van der Waals surface area contributed by atoms with Crippen LogP contribution in [-0.2, 0) is 17.6 Å². The van der Waals surface area contributed by atoms with E-state index in [-0.39, 0.29) is 12.1 Å². The van der Waals surface area contributed by atoms with Crippen LogP contribution in [0.25, 0.3) is 0 Å². The summed E-state index contributed by atoms with van der Waals surface area (Å²) in [6.07, 6.45) is 10.2. The van der Waals surface area contributed by atoms with Gasteiger partial charge in [0.05, 0.1) is 6.61 Å². The molecule has 1 aromatic carbocycles. The van der Waals surface area contributed by atoms with Gasteiger partial charge in [-0.25, -0.2) is 0 Å². The van der Waals surface area contributed by atoms with Gasteiger partial charge in [0, 0.05) is 18.8 Å². The lowest BCUT2D eigenvalue weighted by molar-refractivity contribution is 0.0914. The van der Waals surface area contributed by atoms with Crippen molar-refractivity contribution in [3.8, 4) is 0 Å². The summed E-state index contributed by atoms with van der Waals surface area (Å²) < 4.78 is 5.89. The zero-order valence-electron chi connectivity index (χ0n) is 15.8. The van der Waals surface area contributed by atoms with E-state index in [0.29, 0.717) is 11.8 Å². The summed E-state index contributed by atoms with van der Waals surface area (Å²) in [5.74, 6) is 1.19. The number of unbranched alkanes of at least 4 members (excludes halogenated alkanes) is 2. The highest BCUT2D eigenvalue weighted by molar-refractivity contribution is 5.36. The Labute approximate surface area is 153 Å². The van der Waals surface area contributed by atoms with Crippen LogP contribution in [0.1, 0.15) is 74.5 Å². The number of nitrogens with two attached hydrogens (primary N) is 1. The fourth-order valence-electron chi connectivity index (χ4n) is 4.54. The molecule has 140 valence electrons. The van der Waals surface area contributed by atoms with Gasteiger partial charge in [-0.3, -0.25) is 0 Å². The number of hydrogen-bond acceptors (Lipinski definition) is 3. The maximum Gasteiger partial charge on any atom is 0.0611 e. The lowest BCUT2D eigenvalue weighted by Crippen LogP contribution is -2.40. The van der Waals surface area contributed by atoms with Crippen molar-refractivity contribution in [1.82, 2.24) is 0 Å². The minimum absolute atomic E-state index is 0.106. The molecule has 3 rings (SSSR count). The van der Waals surface area contributed by atoms with Crippen molar-refractivity contribution in [2.75, 3.05) is 19.8 Å². The zero-order valence-corrected chi connectivity index (χ0v) is 15.8. The molecule has 0 spiro atoms. The Morgan fingerprint density at radius 3 is 2.88 bits per heavy atom. The van der Waals surface area contributed by atoms with Gasteiger partial charge in [-0.1, -0.05) is 38.0 Å². The molecule has 1 unspecified atom stereocenters. The molecular formula is C22H35NO2. The molecule has 2 aliphatic carbocycles. The summed E-state index contributed by atoms with van der Waals surface area (Å²) in [5.41, 5.74) is 10.4. The summed E-state index contributed by atoms with van der Waals surface area (Å²) in [7, 11) is 0. The molecule has 3 atom stereocenters. The molecule has 0 bridgehead atoms. The number of aryl methyl sites for hydroxylation is 1. The van der Waals surface area contributed by atoms with Crippen LogP contribution in [-0.4, -0.2) is 30.5 Å². The summed E-state index contributed by atoms with van der Waals surface area (Å²) in [6.45, 7) is 4.17. The third-order valence-electron chi connectivity index (χ3n) is 6.24. The van der Waals surface area contributed by atoms with Crippen LogP contribution in [0, 0.1) is 5.92 Å². The van der Waals surface area contributed by atoms with Crippen LogP contribution in [0.2, 0.25) is 0 Å². The second-order valence-electron chi connectivity index (χ2n) is 8.38. The molecular weight excluding hydrogens is 310 g/mol. The van der Waals surface area contributed by atoms with E-state index in [4.69, 9.17) is 10.5 Å². The van der Waals surface area contributed by atoms with E-state index in [1.54, 1.807) is 0 Å². The number of benzene rings is 1. The van der Waals surface area contributed by atoms with E-state index in [1.165, 1.54) is 48.8 Å². The van der Waals surface area contributed by atoms with Crippen molar-refractivity contribution in [2.24, 2.45) is 11.7 Å². The highest BCUT2D eigenvalue weighted by Gasteiger charge is 2.36. The van der Waals surface area contributed by atoms with Crippen molar-refractivity contribution in [1.29, 1.82) is 0 Å². The predicted octanol–water partition coefficient (Wildman–Crippen LogP) is 3.96. The topological polar surface area (TPSA) is 55.5 Å².